The quantitative estimate of drug-likeness (QED) is 0.805. The Kier molecular flexibility index (Phi) is 4.25. The molecule has 0 heterocycles. The molecule has 0 aromatic heterocycles. The maximum Gasteiger partial charge on any atom is 0.231 e. The molecule has 0 atom stereocenters. The molecule has 1 aromatic rings. The van der Waals surface area contributed by atoms with E-state index in [-0.39, 0.29) is 23.5 Å². The minimum atomic E-state index is -0.277. The molecule has 19 heavy (non-hydrogen) atoms. The van der Waals surface area contributed by atoms with E-state index in [2.05, 4.69) is 12.2 Å². The number of hydrogen-bond donors (Lipinski definition) is 1. The van der Waals surface area contributed by atoms with Crippen LogP contribution in [0.3, 0.4) is 0 Å². The molecule has 1 amide bonds. The molecule has 0 bridgehead atoms. The van der Waals surface area contributed by atoms with Gasteiger partial charge in [-0.25, -0.2) is 0 Å². The fourth-order valence-electron chi connectivity index (χ4n) is 2.39. The summed E-state index contributed by atoms with van der Waals surface area (Å²) in [4.78, 5) is 24.0. The highest BCUT2D eigenvalue weighted by atomic mass is 35.5. The molecule has 0 spiro atoms. The maximum absolute atomic E-state index is 12.1. The number of benzene rings is 1. The summed E-state index contributed by atoms with van der Waals surface area (Å²) in [7, 11) is 0. The molecule has 1 aliphatic rings. The summed E-state index contributed by atoms with van der Waals surface area (Å²) in [6.45, 7) is 2.07. The molecule has 1 fully saturated rings. The number of rotatable bonds is 6. The topological polar surface area (TPSA) is 46.2 Å². The highest BCUT2D eigenvalue weighted by molar-refractivity contribution is 6.33. The van der Waals surface area contributed by atoms with Gasteiger partial charge in [0.25, 0.3) is 0 Å². The van der Waals surface area contributed by atoms with E-state index in [1.165, 1.54) is 0 Å². The van der Waals surface area contributed by atoms with Gasteiger partial charge in [0.05, 0.1) is 17.1 Å². The van der Waals surface area contributed by atoms with Crippen LogP contribution in [0.15, 0.2) is 24.3 Å². The third-order valence-electron chi connectivity index (χ3n) is 3.64. The number of ketones is 1. The first-order valence-corrected chi connectivity index (χ1v) is 7.03. The lowest BCUT2D eigenvalue weighted by Gasteiger charge is -2.12. The first kappa shape index (κ1) is 14.1. The van der Waals surface area contributed by atoms with Crippen molar-refractivity contribution >= 4 is 29.0 Å². The van der Waals surface area contributed by atoms with Crippen molar-refractivity contribution in [3.8, 4) is 0 Å². The molecule has 1 N–H and O–H groups in total. The van der Waals surface area contributed by atoms with Gasteiger partial charge in [-0.3, -0.25) is 9.59 Å². The molecule has 2 rings (SSSR count). The average molecular weight is 280 g/mol. The molecule has 0 aliphatic heterocycles. The highest BCUT2D eigenvalue weighted by Gasteiger charge is 2.48. The third-order valence-corrected chi connectivity index (χ3v) is 3.97. The lowest BCUT2D eigenvalue weighted by atomic mass is 9.93. The fraction of sp³-hybridized carbons (Fsp3) is 0.467. The first-order chi connectivity index (χ1) is 9.07. The molecule has 0 unspecified atom stereocenters. The molecule has 102 valence electrons. The van der Waals surface area contributed by atoms with E-state index in [1.807, 2.05) is 0 Å². The number of amides is 1. The van der Waals surface area contributed by atoms with E-state index >= 15 is 0 Å². The Balaban J connectivity index is 1.92. The second-order valence-corrected chi connectivity index (χ2v) is 5.57. The van der Waals surface area contributed by atoms with E-state index in [4.69, 9.17) is 11.6 Å². The van der Waals surface area contributed by atoms with Crippen molar-refractivity contribution < 1.29 is 9.59 Å². The number of carbonyl (C=O) groups excluding carboxylic acids is 2. The van der Waals surface area contributed by atoms with Crippen molar-refractivity contribution in [2.45, 2.75) is 39.0 Å². The second kappa shape index (κ2) is 5.74. The van der Waals surface area contributed by atoms with Gasteiger partial charge in [0.2, 0.25) is 5.91 Å². The zero-order valence-electron chi connectivity index (χ0n) is 11.0. The molecule has 3 nitrogen and oxygen atoms in total. The smallest absolute Gasteiger partial charge is 0.231 e. The van der Waals surface area contributed by atoms with Gasteiger partial charge in [-0.1, -0.05) is 37.1 Å². The Morgan fingerprint density at radius 2 is 2.00 bits per heavy atom. The molecule has 1 aromatic carbocycles. The van der Waals surface area contributed by atoms with E-state index in [9.17, 15) is 9.59 Å². The van der Waals surface area contributed by atoms with Crippen molar-refractivity contribution in [1.82, 2.24) is 0 Å². The standard InChI is InChI=1S/C15H18ClNO2/c1-2-7-15(8-9-15)13(18)10-14(19)17-12-6-4-3-5-11(12)16/h3-6H,2,7-10H2,1H3,(H,17,19). The van der Waals surface area contributed by atoms with Gasteiger partial charge < -0.3 is 5.32 Å². The zero-order chi connectivity index (χ0) is 13.9. The van der Waals surface area contributed by atoms with Crippen molar-refractivity contribution in [2.24, 2.45) is 5.41 Å². The highest BCUT2D eigenvalue weighted by Crippen LogP contribution is 2.51. The molecular weight excluding hydrogens is 262 g/mol. The normalized spacial score (nSPS) is 15.9. The maximum atomic E-state index is 12.1. The van der Waals surface area contributed by atoms with Crippen LogP contribution in [-0.4, -0.2) is 11.7 Å². The number of hydrogen-bond acceptors (Lipinski definition) is 2. The predicted molar refractivity (Wildman–Crippen MR) is 76.3 cm³/mol. The van der Waals surface area contributed by atoms with E-state index in [0.717, 1.165) is 25.7 Å². The van der Waals surface area contributed by atoms with Crippen molar-refractivity contribution in [3.63, 3.8) is 0 Å². The second-order valence-electron chi connectivity index (χ2n) is 5.16. The Morgan fingerprint density at radius 3 is 2.58 bits per heavy atom. The number of halogens is 1. The van der Waals surface area contributed by atoms with Crippen LogP contribution in [0.5, 0.6) is 0 Å². The Morgan fingerprint density at radius 1 is 1.32 bits per heavy atom. The summed E-state index contributed by atoms with van der Waals surface area (Å²) in [6, 6.07) is 7.02. The number of carbonyl (C=O) groups is 2. The van der Waals surface area contributed by atoms with Gasteiger partial charge in [-0.2, -0.15) is 0 Å². The number of anilines is 1. The Hall–Kier alpha value is -1.35. The lowest BCUT2D eigenvalue weighted by Crippen LogP contribution is -2.23. The minimum Gasteiger partial charge on any atom is -0.324 e. The molecule has 1 aliphatic carbocycles. The number of Topliss-reactive ketones (excluding diaryl/α,β-unsaturated/α-hetero) is 1. The van der Waals surface area contributed by atoms with Crippen LogP contribution in [0.1, 0.15) is 39.0 Å². The summed E-state index contributed by atoms with van der Waals surface area (Å²) in [5.41, 5.74) is 0.356. The van der Waals surface area contributed by atoms with Crippen LogP contribution < -0.4 is 5.32 Å². The SMILES string of the molecule is CCCC1(C(=O)CC(=O)Nc2ccccc2Cl)CC1. The van der Waals surface area contributed by atoms with Crippen molar-refractivity contribution in [1.29, 1.82) is 0 Å². The largest absolute Gasteiger partial charge is 0.324 e. The fourth-order valence-corrected chi connectivity index (χ4v) is 2.57. The third kappa shape index (κ3) is 3.35. The van der Waals surface area contributed by atoms with Crippen LogP contribution in [0.4, 0.5) is 5.69 Å². The van der Waals surface area contributed by atoms with E-state index in [0.29, 0.717) is 10.7 Å². The van der Waals surface area contributed by atoms with Crippen LogP contribution >= 0.6 is 11.6 Å². The molecule has 0 radical (unpaired) electrons. The summed E-state index contributed by atoms with van der Waals surface area (Å²) >= 11 is 5.96. The lowest BCUT2D eigenvalue weighted by molar-refractivity contribution is -0.129. The molecular formula is C15H18ClNO2. The summed E-state index contributed by atoms with van der Waals surface area (Å²) in [5, 5.41) is 3.18. The Bertz CT molecular complexity index is 495. The van der Waals surface area contributed by atoms with Crippen LogP contribution in [0.25, 0.3) is 0 Å². The van der Waals surface area contributed by atoms with E-state index < -0.39 is 0 Å². The summed E-state index contributed by atoms with van der Waals surface area (Å²) < 4.78 is 0. The number of nitrogens with one attached hydrogen (secondary N) is 1. The predicted octanol–water partition coefficient (Wildman–Crippen LogP) is 3.82. The van der Waals surface area contributed by atoms with Crippen molar-refractivity contribution in [3.05, 3.63) is 29.3 Å². The summed E-state index contributed by atoms with van der Waals surface area (Å²) in [6.07, 6.45) is 3.69. The van der Waals surface area contributed by atoms with Crippen LogP contribution in [-0.2, 0) is 9.59 Å². The molecule has 1 saturated carbocycles. The number of para-hydroxylation sites is 1. The van der Waals surface area contributed by atoms with Gasteiger partial charge in [0.15, 0.2) is 0 Å². The van der Waals surface area contributed by atoms with Crippen LogP contribution in [0.2, 0.25) is 5.02 Å². The zero-order valence-corrected chi connectivity index (χ0v) is 11.8. The first-order valence-electron chi connectivity index (χ1n) is 6.65. The summed E-state index contributed by atoms with van der Waals surface area (Å²) in [5.74, 6) is -0.209. The van der Waals surface area contributed by atoms with Gasteiger partial charge in [-0.05, 0) is 31.4 Å². The molecule has 0 saturated heterocycles. The van der Waals surface area contributed by atoms with Crippen LogP contribution in [0, 0.1) is 5.41 Å². The van der Waals surface area contributed by atoms with Crippen molar-refractivity contribution in [2.75, 3.05) is 5.32 Å². The average Bonchev–Trinajstić information content (AvgIpc) is 3.13. The monoisotopic (exact) mass is 279 g/mol. The van der Waals surface area contributed by atoms with Gasteiger partial charge in [-0.15, -0.1) is 0 Å². The van der Waals surface area contributed by atoms with Gasteiger partial charge in [0.1, 0.15) is 5.78 Å². The van der Waals surface area contributed by atoms with Gasteiger partial charge in [0, 0.05) is 5.41 Å². The molecule has 4 heteroatoms. The minimum absolute atomic E-state index is 0.0504. The van der Waals surface area contributed by atoms with E-state index in [1.54, 1.807) is 24.3 Å². The van der Waals surface area contributed by atoms with Gasteiger partial charge >= 0.3 is 0 Å². The Labute approximate surface area is 118 Å².